The van der Waals surface area contributed by atoms with E-state index in [1.807, 2.05) is 36.7 Å². The predicted octanol–water partition coefficient (Wildman–Crippen LogP) is 4.41. The Labute approximate surface area is 207 Å². The minimum absolute atomic E-state index is 0.320. The fourth-order valence-electron chi connectivity index (χ4n) is 5.36. The van der Waals surface area contributed by atoms with E-state index < -0.39 is 0 Å². The van der Waals surface area contributed by atoms with Gasteiger partial charge in [0.15, 0.2) is 0 Å². The third kappa shape index (κ3) is 5.14. The molecule has 1 amide bonds. The maximum absolute atomic E-state index is 12.8. The molecule has 2 aliphatic rings. The Kier molecular flexibility index (Phi) is 7.18. The molecule has 2 saturated heterocycles. The number of hydrogen-bond acceptors (Lipinski definition) is 4. The minimum atomic E-state index is 0.320. The van der Waals surface area contributed by atoms with Crippen molar-refractivity contribution in [2.45, 2.75) is 31.6 Å². The number of piperazine rings is 1. The Morgan fingerprint density at radius 1 is 1.03 bits per heavy atom. The molecular weight excluding hydrogens is 446 g/mol. The van der Waals surface area contributed by atoms with Crippen molar-refractivity contribution in [3.05, 3.63) is 59.5 Å². The Balaban J connectivity index is 1.20. The number of halogens is 1. The first kappa shape index (κ1) is 23.3. The van der Waals surface area contributed by atoms with E-state index in [9.17, 15) is 4.79 Å². The molecule has 0 spiro atoms. The smallest absolute Gasteiger partial charge is 0.222 e. The van der Waals surface area contributed by atoms with Crippen LogP contribution in [0.15, 0.2) is 48.9 Å². The molecule has 6 nitrogen and oxygen atoms in total. The number of benzene rings is 1. The van der Waals surface area contributed by atoms with Crippen LogP contribution in [0.1, 0.15) is 37.2 Å². The second-order valence-corrected chi connectivity index (χ2v) is 10.2. The van der Waals surface area contributed by atoms with E-state index in [2.05, 4.69) is 43.6 Å². The van der Waals surface area contributed by atoms with Gasteiger partial charge in [-0.1, -0.05) is 11.6 Å². The van der Waals surface area contributed by atoms with Gasteiger partial charge in [0.25, 0.3) is 0 Å². The van der Waals surface area contributed by atoms with Crippen molar-refractivity contribution in [1.82, 2.24) is 24.3 Å². The summed E-state index contributed by atoms with van der Waals surface area (Å²) in [5.41, 5.74) is 3.55. The fraction of sp³-hybridized carbons (Fsp3) is 0.481. The lowest BCUT2D eigenvalue weighted by atomic mass is 9.89. The molecule has 7 heteroatoms. The number of nitrogens with zero attached hydrogens (tertiary/aromatic N) is 5. The number of hydrogen-bond donors (Lipinski definition) is 0. The highest BCUT2D eigenvalue weighted by atomic mass is 35.5. The van der Waals surface area contributed by atoms with Crippen LogP contribution in [0.3, 0.4) is 0 Å². The van der Waals surface area contributed by atoms with Crippen molar-refractivity contribution in [3.63, 3.8) is 0 Å². The lowest BCUT2D eigenvalue weighted by Gasteiger charge is -2.33. The first-order valence-corrected chi connectivity index (χ1v) is 12.9. The Bertz CT molecular complexity index is 1110. The normalized spacial score (nSPS) is 18.6. The summed E-state index contributed by atoms with van der Waals surface area (Å²) in [5.74, 6) is 0.771. The number of fused-ring (bicyclic) bond motifs is 1. The number of pyridine rings is 1. The zero-order chi connectivity index (χ0) is 23.5. The molecule has 2 fully saturated rings. The predicted molar refractivity (Wildman–Crippen MR) is 138 cm³/mol. The summed E-state index contributed by atoms with van der Waals surface area (Å²) >= 11 is 6.10. The van der Waals surface area contributed by atoms with Gasteiger partial charge in [-0.3, -0.25) is 9.78 Å². The fourth-order valence-corrected chi connectivity index (χ4v) is 5.49. The van der Waals surface area contributed by atoms with Crippen LogP contribution in [0.5, 0.6) is 0 Å². The zero-order valence-corrected chi connectivity index (χ0v) is 20.8. The zero-order valence-electron chi connectivity index (χ0n) is 20.0. The van der Waals surface area contributed by atoms with Crippen molar-refractivity contribution in [1.29, 1.82) is 0 Å². The number of likely N-dealkylation sites (tertiary alicyclic amines) is 1. The molecule has 0 atom stereocenters. The summed E-state index contributed by atoms with van der Waals surface area (Å²) in [6, 6.07) is 10.1. The summed E-state index contributed by atoms with van der Waals surface area (Å²) in [4.78, 5) is 24.2. The average Bonchev–Trinajstić information content (AvgIpc) is 3.25. The number of carbonyl (C=O) groups excluding carboxylic acids is 1. The first-order chi connectivity index (χ1) is 16.6. The summed E-state index contributed by atoms with van der Waals surface area (Å²) in [7, 11) is 2.18. The highest BCUT2D eigenvalue weighted by molar-refractivity contribution is 6.30. The molecule has 0 radical (unpaired) electrons. The van der Waals surface area contributed by atoms with Gasteiger partial charge < -0.3 is 19.3 Å². The molecule has 1 aromatic carbocycles. The highest BCUT2D eigenvalue weighted by Crippen LogP contribution is 2.35. The Hall–Kier alpha value is -2.41. The number of amides is 1. The third-order valence-corrected chi connectivity index (χ3v) is 7.74. The summed E-state index contributed by atoms with van der Waals surface area (Å²) in [6.07, 6.45) is 9.71. The SMILES string of the molecule is CN1CCN(CCCC(=O)N2CCC(c3cn(-c4ccc(Cl)cc4)c4cnccc34)CC2)CC1. The van der Waals surface area contributed by atoms with Gasteiger partial charge in [0.05, 0.1) is 11.7 Å². The van der Waals surface area contributed by atoms with Crippen LogP contribution in [-0.4, -0.2) is 83.0 Å². The molecule has 0 saturated carbocycles. The number of carbonyl (C=O) groups is 1. The molecule has 0 N–H and O–H groups in total. The van der Waals surface area contributed by atoms with Crippen LogP contribution in [-0.2, 0) is 4.79 Å². The van der Waals surface area contributed by atoms with Crippen molar-refractivity contribution in [2.75, 3.05) is 52.9 Å². The number of aromatic nitrogens is 2. The molecule has 3 aromatic rings. The largest absolute Gasteiger partial charge is 0.343 e. The van der Waals surface area contributed by atoms with E-state index in [1.165, 1.54) is 10.9 Å². The first-order valence-electron chi connectivity index (χ1n) is 12.5. The molecule has 34 heavy (non-hydrogen) atoms. The molecule has 0 aliphatic carbocycles. The van der Waals surface area contributed by atoms with E-state index in [1.54, 1.807) is 0 Å². The quantitative estimate of drug-likeness (QED) is 0.525. The van der Waals surface area contributed by atoms with Gasteiger partial charge in [0, 0.05) is 74.2 Å². The van der Waals surface area contributed by atoms with Crippen molar-refractivity contribution < 1.29 is 4.79 Å². The van der Waals surface area contributed by atoms with Gasteiger partial charge in [-0.05, 0) is 74.7 Å². The van der Waals surface area contributed by atoms with Crippen molar-refractivity contribution in [3.8, 4) is 5.69 Å². The van der Waals surface area contributed by atoms with Crippen molar-refractivity contribution in [2.24, 2.45) is 0 Å². The molecule has 4 heterocycles. The van der Waals surface area contributed by atoms with E-state index in [4.69, 9.17) is 11.6 Å². The molecule has 2 aromatic heterocycles. The maximum atomic E-state index is 12.8. The topological polar surface area (TPSA) is 44.6 Å². The molecular formula is C27H34ClN5O. The summed E-state index contributed by atoms with van der Waals surface area (Å²) < 4.78 is 2.21. The molecule has 0 bridgehead atoms. The lowest BCUT2D eigenvalue weighted by Crippen LogP contribution is -2.45. The standard InChI is InChI=1S/C27H34ClN5O/c1-30-15-17-31(18-16-30)12-2-3-27(34)32-13-9-21(10-14-32)25-20-33(23-6-4-22(28)5-7-23)26-19-29-11-8-24(25)26/h4-8,11,19-21H,2-3,9-10,12-18H2,1H3. The molecule has 2 aliphatic heterocycles. The van der Waals surface area contributed by atoms with Crippen LogP contribution in [0.4, 0.5) is 0 Å². The van der Waals surface area contributed by atoms with E-state index in [-0.39, 0.29) is 0 Å². The number of piperidine rings is 1. The second kappa shape index (κ2) is 10.5. The minimum Gasteiger partial charge on any atom is -0.343 e. The third-order valence-electron chi connectivity index (χ3n) is 7.49. The van der Waals surface area contributed by atoms with E-state index in [0.29, 0.717) is 18.2 Å². The average molecular weight is 480 g/mol. The Morgan fingerprint density at radius 3 is 2.50 bits per heavy atom. The van der Waals surface area contributed by atoms with Gasteiger partial charge in [-0.25, -0.2) is 0 Å². The monoisotopic (exact) mass is 479 g/mol. The molecule has 5 rings (SSSR count). The summed E-state index contributed by atoms with van der Waals surface area (Å²) in [5, 5.41) is 1.99. The lowest BCUT2D eigenvalue weighted by molar-refractivity contribution is -0.132. The highest BCUT2D eigenvalue weighted by Gasteiger charge is 2.26. The second-order valence-electron chi connectivity index (χ2n) is 9.73. The van der Waals surface area contributed by atoms with E-state index >= 15 is 0 Å². The molecule has 0 unspecified atom stereocenters. The van der Waals surface area contributed by atoms with E-state index in [0.717, 1.165) is 81.3 Å². The van der Waals surface area contributed by atoms with Crippen molar-refractivity contribution >= 4 is 28.4 Å². The van der Waals surface area contributed by atoms with Crippen LogP contribution in [0.25, 0.3) is 16.6 Å². The van der Waals surface area contributed by atoms with Gasteiger partial charge in [0.1, 0.15) is 0 Å². The van der Waals surface area contributed by atoms with Crippen LogP contribution < -0.4 is 0 Å². The Morgan fingerprint density at radius 2 is 1.76 bits per heavy atom. The number of likely N-dealkylation sites (N-methyl/N-ethyl adjacent to an activating group) is 1. The van der Waals surface area contributed by atoms with Gasteiger partial charge in [-0.2, -0.15) is 0 Å². The number of rotatable bonds is 6. The van der Waals surface area contributed by atoms with Gasteiger partial charge in [-0.15, -0.1) is 0 Å². The van der Waals surface area contributed by atoms with Gasteiger partial charge >= 0.3 is 0 Å². The summed E-state index contributed by atoms with van der Waals surface area (Å²) in [6.45, 7) is 7.23. The van der Waals surface area contributed by atoms with Gasteiger partial charge in [0.2, 0.25) is 5.91 Å². The molecule has 180 valence electrons. The van der Waals surface area contributed by atoms with Crippen LogP contribution >= 0.6 is 11.6 Å². The van der Waals surface area contributed by atoms with Crippen LogP contribution in [0.2, 0.25) is 5.02 Å². The van der Waals surface area contributed by atoms with Crippen LogP contribution in [0, 0.1) is 0 Å². The maximum Gasteiger partial charge on any atom is 0.222 e.